The minimum Gasteiger partial charge on any atom is -0.396 e. The molecule has 1 fully saturated rings. The Bertz CT molecular complexity index is 135. The molecule has 0 aromatic carbocycles. The summed E-state index contributed by atoms with van der Waals surface area (Å²) in [5.74, 6) is 0. The molecule has 1 aliphatic heterocycles. The molecule has 1 heterocycles. The Labute approximate surface area is 87.7 Å². The summed E-state index contributed by atoms with van der Waals surface area (Å²) in [5.41, 5.74) is 0. The van der Waals surface area contributed by atoms with Gasteiger partial charge < -0.3 is 14.9 Å². The number of aliphatic hydroxyl groups excluding tert-OH is 1. The van der Waals surface area contributed by atoms with Gasteiger partial charge in [-0.2, -0.15) is 0 Å². The van der Waals surface area contributed by atoms with Gasteiger partial charge in [0.1, 0.15) is 0 Å². The molecule has 0 aromatic heterocycles. The van der Waals surface area contributed by atoms with Crippen molar-refractivity contribution in [1.29, 1.82) is 0 Å². The van der Waals surface area contributed by atoms with Crippen LogP contribution in [0.2, 0.25) is 0 Å². The van der Waals surface area contributed by atoms with Crippen LogP contribution in [0.1, 0.15) is 25.7 Å². The van der Waals surface area contributed by atoms with Crippen LogP contribution in [0.5, 0.6) is 0 Å². The van der Waals surface area contributed by atoms with E-state index in [1.54, 1.807) is 0 Å². The molecule has 1 aliphatic rings. The largest absolute Gasteiger partial charge is 0.396 e. The van der Waals surface area contributed by atoms with Crippen LogP contribution < -0.4 is 0 Å². The summed E-state index contributed by atoms with van der Waals surface area (Å²) in [4.78, 5) is 4.87. The van der Waals surface area contributed by atoms with Crippen molar-refractivity contribution in [2.75, 3.05) is 46.4 Å². The van der Waals surface area contributed by atoms with Crippen LogP contribution in [0.15, 0.2) is 0 Å². The molecule has 1 saturated heterocycles. The van der Waals surface area contributed by atoms with Gasteiger partial charge in [0.05, 0.1) is 0 Å². The molecule has 3 heteroatoms. The maximum Gasteiger partial charge on any atom is 0.0443 e. The zero-order chi connectivity index (χ0) is 10.2. The van der Waals surface area contributed by atoms with Crippen molar-refractivity contribution in [3.8, 4) is 0 Å². The van der Waals surface area contributed by atoms with Gasteiger partial charge in [0.2, 0.25) is 0 Å². The van der Waals surface area contributed by atoms with Crippen molar-refractivity contribution in [3.63, 3.8) is 0 Å². The predicted octanol–water partition coefficient (Wildman–Crippen LogP) is 0.786. The fourth-order valence-electron chi connectivity index (χ4n) is 2.02. The van der Waals surface area contributed by atoms with Gasteiger partial charge in [-0.1, -0.05) is 0 Å². The first-order valence-corrected chi connectivity index (χ1v) is 5.84. The Morgan fingerprint density at radius 1 is 1.14 bits per heavy atom. The molecule has 1 rings (SSSR count). The number of aliphatic hydroxyl groups is 1. The summed E-state index contributed by atoms with van der Waals surface area (Å²) in [6, 6.07) is 0. The van der Waals surface area contributed by atoms with E-state index in [1.807, 2.05) is 0 Å². The second-order valence-corrected chi connectivity index (χ2v) is 4.28. The fourth-order valence-corrected chi connectivity index (χ4v) is 2.02. The molecule has 0 aliphatic carbocycles. The van der Waals surface area contributed by atoms with E-state index in [0.29, 0.717) is 6.61 Å². The van der Waals surface area contributed by atoms with Crippen molar-refractivity contribution in [3.05, 3.63) is 0 Å². The minimum absolute atomic E-state index is 0.316. The molecule has 0 amide bonds. The second kappa shape index (κ2) is 7.21. The van der Waals surface area contributed by atoms with E-state index in [0.717, 1.165) is 19.5 Å². The Morgan fingerprint density at radius 3 is 2.43 bits per heavy atom. The number of likely N-dealkylation sites (tertiary alicyclic amines) is 1. The van der Waals surface area contributed by atoms with E-state index in [4.69, 9.17) is 5.11 Å². The lowest BCUT2D eigenvalue weighted by Crippen LogP contribution is -2.27. The molecule has 3 nitrogen and oxygen atoms in total. The zero-order valence-electron chi connectivity index (χ0n) is 9.41. The average molecular weight is 200 g/mol. The molecule has 0 radical (unpaired) electrons. The van der Waals surface area contributed by atoms with E-state index >= 15 is 0 Å². The van der Waals surface area contributed by atoms with E-state index in [-0.39, 0.29) is 0 Å². The maximum atomic E-state index is 8.68. The first-order chi connectivity index (χ1) is 6.83. The van der Waals surface area contributed by atoms with Gasteiger partial charge in [0.15, 0.2) is 0 Å². The van der Waals surface area contributed by atoms with Crippen molar-refractivity contribution < 1.29 is 5.11 Å². The van der Waals surface area contributed by atoms with Gasteiger partial charge in [-0.3, -0.25) is 0 Å². The molecule has 84 valence electrons. The first kappa shape index (κ1) is 12.0. The lowest BCUT2D eigenvalue weighted by molar-refractivity contribution is 0.237. The topological polar surface area (TPSA) is 26.7 Å². The molecule has 0 aromatic rings. The van der Waals surface area contributed by atoms with Gasteiger partial charge in [0, 0.05) is 13.2 Å². The normalized spacial score (nSPS) is 18.2. The summed E-state index contributed by atoms with van der Waals surface area (Å²) >= 11 is 0. The first-order valence-electron chi connectivity index (χ1n) is 5.84. The molecular weight excluding hydrogens is 176 g/mol. The van der Waals surface area contributed by atoms with Crippen LogP contribution in [-0.2, 0) is 0 Å². The number of hydrogen-bond acceptors (Lipinski definition) is 3. The number of hydrogen-bond donors (Lipinski definition) is 1. The quantitative estimate of drug-likeness (QED) is 0.658. The highest BCUT2D eigenvalue weighted by Crippen LogP contribution is 2.07. The van der Waals surface area contributed by atoms with Crippen molar-refractivity contribution in [1.82, 2.24) is 9.80 Å². The van der Waals surface area contributed by atoms with E-state index in [2.05, 4.69) is 16.8 Å². The predicted molar refractivity (Wildman–Crippen MR) is 59.5 cm³/mol. The van der Waals surface area contributed by atoms with Crippen LogP contribution in [0.25, 0.3) is 0 Å². The standard InChI is InChI=1S/C11H24N2O/c1-12(7-5-11-14)6-4-10-13-8-2-3-9-13/h14H,2-11H2,1H3. The van der Waals surface area contributed by atoms with E-state index in [9.17, 15) is 0 Å². The van der Waals surface area contributed by atoms with Gasteiger partial charge in [-0.25, -0.2) is 0 Å². The van der Waals surface area contributed by atoms with Gasteiger partial charge >= 0.3 is 0 Å². The van der Waals surface area contributed by atoms with E-state index < -0.39 is 0 Å². The monoisotopic (exact) mass is 200 g/mol. The number of nitrogens with zero attached hydrogens (tertiary/aromatic N) is 2. The molecule has 0 atom stereocenters. The zero-order valence-corrected chi connectivity index (χ0v) is 9.41. The second-order valence-electron chi connectivity index (χ2n) is 4.28. The highest BCUT2D eigenvalue weighted by atomic mass is 16.3. The summed E-state index contributed by atoms with van der Waals surface area (Å²) in [6.45, 7) is 6.37. The molecular formula is C11H24N2O. The van der Waals surface area contributed by atoms with Crippen LogP contribution in [-0.4, -0.2) is 61.3 Å². The van der Waals surface area contributed by atoms with Crippen LogP contribution >= 0.6 is 0 Å². The highest BCUT2D eigenvalue weighted by Gasteiger charge is 2.10. The molecule has 14 heavy (non-hydrogen) atoms. The van der Waals surface area contributed by atoms with Gasteiger partial charge in [-0.05, 0) is 58.9 Å². The number of rotatable bonds is 7. The smallest absolute Gasteiger partial charge is 0.0443 e. The minimum atomic E-state index is 0.316. The van der Waals surface area contributed by atoms with Crippen LogP contribution in [0, 0.1) is 0 Å². The third-order valence-electron chi connectivity index (χ3n) is 2.91. The third-order valence-corrected chi connectivity index (χ3v) is 2.91. The highest BCUT2D eigenvalue weighted by molar-refractivity contribution is 4.66. The molecule has 0 unspecified atom stereocenters. The molecule has 0 bridgehead atoms. The third kappa shape index (κ3) is 4.94. The SMILES string of the molecule is CN(CCCO)CCCN1CCCC1. The Balaban J connectivity index is 1.91. The van der Waals surface area contributed by atoms with Gasteiger partial charge in [-0.15, -0.1) is 0 Å². The van der Waals surface area contributed by atoms with Crippen LogP contribution in [0.4, 0.5) is 0 Å². The summed E-state index contributed by atoms with van der Waals surface area (Å²) in [7, 11) is 2.14. The Kier molecular flexibility index (Phi) is 6.15. The lowest BCUT2D eigenvalue weighted by Gasteiger charge is -2.19. The summed E-state index contributed by atoms with van der Waals surface area (Å²) in [5, 5.41) is 8.68. The van der Waals surface area contributed by atoms with Crippen molar-refractivity contribution >= 4 is 0 Å². The Hall–Kier alpha value is -0.120. The summed E-state index contributed by atoms with van der Waals surface area (Å²) in [6.07, 6.45) is 4.95. The average Bonchev–Trinajstić information content (AvgIpc) is 2.67. The lowest BCUT2D eigenvalue weighted by atomic mass is 10.3. The fraction of sp³-hybridized carbons (Fsp3) is 1.00. The van der Waals surface area contributed by atoms with Gasteiger partial charge in [0.25, 0.3) is 0 Å². The molecule has 0 saturated carbocycles. The summed E-state index contributed by atoms with van der Waals surface area (Å²) < 4.78 is 0. The Morgan fingerprint density at radius 2 is 1.79 bits per heavy atom. The van der Waals surface area contributed by atoms with Crippen molar-refractivity contribution in [2.24, 2.45) is 0 Å². The van der Waals surface area contributed by atoms with E-state index in [1.165, 1.54) is 38.9 Å². The molecule has 0 spiro atoms. The molecule has 1 N–H and O–H groups in total. The van der Waals surface area contributed by atoms with Crippen molar-refractivity contribution in [2.45, 2.75) is 25.7 Å². The maximum absolute atomic E-state index is 8.68. The van der Waals surface area contributed by atoms with Crippen LogP contribution in [0.3, 0.4) is 0 Å².